The van der Waals surface area contributed by atoms with Gasteiger partial charge in [-0.15, -0.1) is 5.10 Å². The highest BCUT2D eigenvalue weighted by atomic mass is 16.3. The number of benzene rings is 1. The average molecular weight is 219 g/mol. The molecule has 1 aliphatic rings. The van der Waals surface area contributed by atoms with Crippen molar-refractivity contribution >= 4 is 17.7 Å². The molecule has 1 unspecified atom stereocenters. The molecule has 6 heteroatoms. The standard InChI is InChI=1S/C10H13N5O/c1-6-3-2-4-7(16)8(6)14-10(12)5-13-15-9(10)11/h2-5,14,16H,12H2,1H3,(H2,11,15). The van der Waals surface area contributed by atoms with E-state index in [1.807, 2.05) is 13.0 Å². The van der Waals surface area contributed by atoms with Crippen molar-refractivity contribution in [1.29, 1.82) is 0 Å². The lowest BCUT2D eigenvalue weighted by Crippen LogP contribution is -2.58. The Hall–Kier alpha value is -2.08. The molecule has 0 fully saturated rings. The molecule has 6 N–H and O–H groups in total. The summed E-state index contributed by atoms with van der Waals surface area (Å²) in [5.41, 5.74) is 11.8. The van der Waals surface area contributed by atoms with Crippen LogP contribution in [0.3, 0.4) is 0 Å². The number of aromatic hydroxyl groups is 1. The number of amidine groups is 1. The largest absolute Gasteiger partial charge is 0.506 e. The Morgan fingerprint density at radius 2 is 2.19 bits per heavy atom. The summed E-state index contributed by atoms with van der Waals surface area (Å²) in [6.07, 6.45) is 1.40. The molecular weight excluding hydrogens is 206 g/mol. The van der Waals surface area contributed by atoms with Crippen molar-refractivity contribution in [1.82, 2.24) is 0 Å². The van der Waals surface area contributed by atoms with Crippen molar-refractivity contribution in [2.45, 2.75) is 12.6 Å². The predicted molar refractivity (Wildman–Crippen MR) is 63.5 cm³/mol. The number of rotatable bonds is 2. The fourth-order valence-electron chi connectivity index (χ4n) is 1.45. The van der Waals surface area contributed by atoms with E-state index in [1.165, 1.54) is 6.21 Å². The van der Waals surface area contributed by atoms with Gasteiger partial charge in [0.15, 0.2) is 11.5 Å². The van der Waals surface area contributed by atoms with Crippen molar-refractivity contribution in [3.8, 4) is 5.75 Å². The first kappa shape index (κ1) is 10.4. The van der Waals surface area contributed by atoms with Crippen molar-refractivity contribution < 1.29 is 5.11 Å². The van der Waals surface area contributed by atoms with Gasteiger partial charge < -0.3 is 16.2 Å². The minimum atomic E-state index is -1.14. The number of phenolic OH excluding ortho intramolecular Hbond substituents is 1. The number of anilines is 1. The molecule has 6 nitrogen and oxygen atoms in total. The zero-order valence-electron chi connectivity index (χ0n) is 8.81. The van der Waals surface area contributed by atoms with Crippen molar-refractivity contribution in [3.05, 3.63) is 23.8 Å². The third kappa shape index (κ3) is 1.59. The molecule has 0 saturated heterocycles. The molecule has 0 aliphatic carbocycles. The Morgan fingerprint density at radius 3 is 2.75 bits per heavy atom. The lowest BCUT2D eigenvalue weighted by Gasteiger charge is -2.24. The maximum Gasteiger partial charge on any atom is 0.185 e. The molecule has 1 heterocycles. The van der Waals surface area contributed by atoms with Crippen LogP contribution in [0.15, 0.2) is 28.4 Å². The van der Waals surface area contributed by atoms with Crippen LogP contribution in [0.2, 0.25) is 0 Å². The van der Waals surface area contributed by atoms with E-state index in [-0.39, 0.29) is 11.6 Å². The Labute approximate surface area is 92.7 Å². The Bertz CT molecular complexity index is 462. The summed E-state index contributed by atoms with van der Waals surface area (Å²) in [6.45, 7) is 1.85. The third-order valence-electron chi connectivity index (χ3n) is 2.43. The normalized spacial score (nSPS) is 23.2. The Kier molecular flexibility index (Phi) is 2.28. The quantitative estimate of drug-likeness (QED) is 0.418. The van der Waals surface area contributed by atoms with Crippen LogP contribution < -0.4 is 16.8 Å². The molecule has 84 valence electrons. The van der Waals surface area contributed by atoms with Gasteiger partial charge in [0.1, 0.15) is 5.75 Å². The molecule has 0 amide bonds. The van der Waals surface area contributed by atoms with Crippen LogP contribution in [0.4, 0.5) is 5.69 Å². The maximum atomic E-state index is 9.71. The maximum absolute atomic E-state index is 9.71. The first-order valence-electron chi connectivity index (χ1n) is 4.77. The average Bonchev–Trinajstić information content (AvgIpc) is 2.54. The second-order valence-electron chi connectivity index (χ2n) is 3.69. The minimum Gasteiger partial charge on any atom is -0.506 e. The summed E-state index contributed by atoms with van der Waals surface area (Å²) in [6, 6.07) is 5.17. The van der Waals surface area contributed by atoms with Gasteiger partial charge in [0.05, 0.1) is 11.9 Å². The predicted octanol–water partition coefficient (Wildman–Crippen LogP) is 0.124. The van der Waals surface area contributed by atoms with E-state index in [4.69, 9.17) is 11.5 Å². The van der Waals surface area contributed by atoms with Gasteiger partial charge in [-0.1, -0.05) is 12.1 Å². The van der Waals surface area contributed by atoms with Gasteiger partial charge in [0.2, 0.25) is 0 Å². The highest BCUT2D eigenvalue weighted by Crippen LogP contribution is 2.28. The lowest BCUT2D eigenvalue weighted by molar-refractivity contribution is 0.476. The van der Waals surface area contributed by atoms with Crippen molar-refractivity contribution in [3.63, 3.8) is 0 Å². The highest BCUT2D eigenvalue weighted by Gasteiger charge is 2.32. The molecule has 1 aromatic rings. The second kappa shape index (κ2) is 3.49. The molecule has 2 rings (SSSR count). The van der Waals surface area contributed by atoms with Crippen LogP contribution in [0, 0.1) is 6.92 Å². The zero-order valence-corrected chi connectivity index (χ0v) is 8.81. The van der Waals surface area contributed by atoms with Crippen LogP contribution in [0.5, 0.6) is 5.75 Å². The first-order chi connectivity index (χ1) is 7.53. The number of para-hydroxylation sites is 1. The number of hydrogen-bond acceptors (Lipinski definition) is 6. The van der Waals surface area contributed by atoms with Gasteiger partial charge in [-0.2, -0.15) is 5.10 Å². The van der Waals surface area contributed by atoms with Crippen molar-refractivity contribution in [2.24, 2.45) is 21.7 Å². The molecule has 0 aromatic heterocycles. The molecule has 16 heavy (non-hydrogen) atoms. The van der Waals surface area contributed by atoms with E-state index in [0.29, 0.717) is 5.69 Å². The van der Waals surface area contributed by atoms with E-state index in [9.17, 15) is 5.11 Å². The van der Waals surface area contributed by atoms with Crippen LogP contribution in [-0.2, 0) is 0 Å². The number of phenols is 1. The first-order valence-corrected chi connectivity index (χ1v) is 4.77. The van der Waals surface area contributed by atoms with E-state index in [1.54, 1.807) is 12.1 Å². The molecular formula is C10H13N5O. The van der Waals surface area contributed by atoms with Crippen LogP contribution in [0.1, 0.15) is 5.56 Å². The number of nitrogens with two attached hydrogens (primary N) is 2. The van der Waals surface area contributed by atoms with E-state index in [2.05, 4.69) is 15.5 Å². The number of nitrogens with zero attached hydrogens (tertiary/aromatic N) is 2. The summed E-state index contributed by atoms with van der Waals surface area (Å²) in [7, 11) is 0. The lowest BCUT2D eigenvalue weighted by atomic mass is 10.1. The fraction of sp³-hybridized carbons (Fsp3) is 0.200. The van der Waals surface area contributed by atoms with Gasteiger partial charge >= 0.3 is 0 Å². The van der Waals surface area contributed by atoms with Crippen LogP contribution >= 0.6 is 0 Å². The summed E-state index contributed by atoms with van der Waals surface area (Å²) in [5, 5.41) is 19.9. The smallest absolute Gasteiger partial charge is 0.185 e. The molecule has 1 atom stereocenters. The summed E-state index contributed by atoms with van der Waals surface area (Å²) < 4.78 is 0. The topological polar surface area (TPSA) is 109 Å². The van der Waals surface area contributed by atoms with E-state index in [0.717, 1.165) is 5.56 Å². The van der Waals surface area contributed by atoms with E-state index < -0.39 is 5.66 Å². The van der Waals surface area contributed by atoms with Gasteiger partial charge in [0.25, 0.3) is 0 Å². The minimum absolute atomic E-state index is 0.109. The summed E-state index contributed by atoms with van der Waals surface area (Å²) in [5.74, 6) is 0.271. The molecule has 1 aromatic carbocycles. The van der Waals surface area contributed by atoms with Crippen LogP contribution in [-0.4, -0.2) is 22.8 Å². The van der Waals surface area contributed by atoms with Gasteiger partial charge in [-0.3, -0.25) is 5.73 Å². The SMILES string of the molecule is Cc1cccc(O)c1NC1(N)C=NN=C1N. The summed E-state index contributed by atoms with van der Waals surface area (Å²) in [4.78, 5) is 0. The molecule has 0 saturated carbocycles. The molecule has 0 spiro atoms. The zero-order chi connectivity index (χ0) is 11.8. The molecule has 1 aliphatic heterocycles. The second-order valence-corrected chi connectivity index (χ2v) is 3.69. The number of nitrogens with one attached hydrogen (secondary N) is 1. The van der Waals surface area contributed by atoms with Crippen molar-refractivity contribution in [2.75, 3.05) is 5.32 Å². The third-order valence-corrected chi connectivity index (χ3v) is 2.43. The monoisotopic (exact) mass is 219 g/mol. The van der Waals surface area contributed by atoms with Gasteiger partial charge in [-0.05, 0) is 18.6 Å². The number of hydrogen-bond donors (Lipinski definition) is 4. The molecule has 0 bridgehead atoms. The van der Waals surface area contributed by atoms with Gasteiger partial charge in [-0.25, -0.2) is 0 Å². The Balaban J connectivity index is 2.35. The fourth-order valence-corrected chi connectivity index (χ4v) is 1.45. The van der Waals surface area contributed by atoms with Gasteiger partial charge in [0, 0.05) is 0 Å². The Morgan fingerprint density at radius 1 is 1.44 bits per heavy atom. The number of aryl methyl sites for hydroxylation is 1. The summed E-state index contributed by atoms with van der Waals surface area (Å²) >= 11 is 0. The highest BCUT2D eigenvalue weighted by molar-refractivity contribution is 6.10. The molecule has 0 radical (unpaired) electrons. The van der Waals surface area contributed by atoms with Crippen LogP contribution in [0.25, 0.3) is 0 Å². The van der Waals surface area contributed by atoms with E-state index >= 15 is 0 Å².